The van der Waals surface area contributed by atoms with Gasteiger partial charge in [-0.25, -0.2) is 9.37 Å². The minimum Gasteiger partial charge on any atom is -0.380 e. The van der Waals surface area contributed by atoms with Crippen molar-refractivity contribution in [3.05, 3.63) is 66.5 Å². The van der Waals surface area contributed by atoms with Crippen molar-refractivity contribution in [1.82, 2.24) is 35.2 Å². The molecule has 3 aromatic heterocycles. The summed E-state index contributed by atoms with van der Waals surface area (Å²) in [6.45, 7) is 0.441. The van der Waals surface area contributed by atoms with Gasteiger partial charge in [-0.1, -0.05) is 0 Å². The first-order valence-corrected chi connectivity index (χ1v) is 7.51. The van der Waals surface area contributed by atoms with E-state index in [2.05, 4.69) is 35.7 Å². The molecule has 9 heteroatoms. The first-order valence-electron chi connectivity index (χ1n) is 7.51. The zero-order valence-electron chi connectivity index (χ0n) is 13.0. The third-order valence-corrected chi connectivity index (χ3v) is 3.46. The van der Waals surface area contributed by atoms with Gasteiger partial charge in [0, 0.05) is 37.4 Å². The summed E-state index contributed by atoms with van der Waals surface area (Å²) in [6, 6.07) is 8.31. The first-order chi connectivity index (χ1) is 12.3. The van der Waals surface area contributed by atoms with Crippen molar-refractivity contribution in [3.8, 4) is 17.3 Å². The Balaban J connectivity index is 1.57. The second-order valence-electron chi connectivity index (χ2n) is 5.25. The quantitative estimate of drug-likeness (QED) is 0.580. The summed E-state index contributed by atoms with van der Waals surface area (Å²) >= 11 is 0. The Bertz CT molecular complexity index is 965. The molecule has 4 rings (SSSR count). The summed E-state index contributed by atoms with van der Waals surface area (Å²) in [5.41, 5.74) is 2.08. The third kappa shape index (κ3) is 3.34. The van der Waals surface area contributed by atoms with Crippen LogP contribution in [-0.4, -0.2) is 35.2 Å². The molecule has 0 saturated carbocycles. The number of tetrazole rings is 1. The van der Waals surface area contributed by atoms with Gasteiger partial charge < -0.3 is 10.3 Å². The lowest BCUT2D eigenvalue weighted by Crippen LogP contribution is -2.04. The van der Waals surface area contributed by atoms with Crippen LogP contribution in [0.4, 0.5) is 10.1 Å². The number of rotatable bonds is 5. The Labute approximate surface area is 141 Å². The average molecular weight is 336 g/mol. The molecule has 0 amide bonds. The number of H-pyrrole nitrogens is 1. The van der Waals surface area contributed by atoms with Gasteiger partial charge in [-0.3, -0.25) is 4.98 Å². The molecule has 0 aliphatic rings. The number of halogens is 1. The van der Waals surface area contributed by atoms with Crippen molar-refractivity contribution in [2.75, 3.05) is 5.32 Å². The Hall–Kier alpha value is -3.62. The summed E-state index contributed by atoms with van der Waals surface area (Å²) in [7, 11) is 0. The fourth-order valence-corrected chi connectivity index (χ4v) is 2.33. The van der Waals surface area contributed by atoms with E-state index in [4.69, 9.17) is 0 Å². The monoisotopic (exact) mass is 336 g/mol. The van der Waals surface area contributed by atoms with E-state index in [0.29, 0.717) is 23.9 Å². The number of pyridine rings is 1. The number of benzene rings is 1. The molecule has 0 atom stereocenters. The van der Waals surface area contributed by atoms with Gasteiger partial charge >= 0.3 is 0 Å². The Morgan fingerprint density at radius 3 is 2.96 bits per heavy atom. The number of anilines is 1. The molecule has 25 heavy (non-hydrogen) atoms. The van der Waals surface area contributed by atoms with E-state index in [1.807, 2.05) is 12.1 Å². The maximum Gasteiger partial charge on any atom is 0.240 e. The second kappa shape index (κ2) is 6.48. The molecule has 3 heterocycles. The van der Waals surface area contributed by atoms with Crippen molar-refractivity contribution in [3.63, 3.8) is 0 Å². The van der Waals surface area contributed by atoms with E-state index in [1.54, 1.807) is 30.9 Å². The summed E-state index contributed by atoms with van der Waals surface area (Å²) in [5, 5.41) is 15.3. The molecule has 1 aromatic carbocycles. The lowest BCUT2D eigenvalue weighted by molar-refractivity contribution is 0.619. The lowest BCUT2D eigenvalue weighted by Gasteiger charge is -2.08. The molecule has 0 unspecified atom stereocenters. The molecule has 0 aliphatic heterocycles. The molecular weight excluding hydrogens is 323 g/mol. The van der Waals surface area contributed by atoms with E-state index >= 15 is 0 Å². The van der Waals surface area contributed by atoms with Gasteiger partial charge in [0.25, 0.3) is 0 Å². The molecular formula is C16H13FN8. The molecule has 0 spiro atoms. The summed E-state index contributed by atoms with van der Waals surface area (Å²) in [6.07, 6.45) is 6.66. The van der Waals surface area contributed by atoms with Gasteiger partial charge in [-0.2, -0.15) is 0 Å². The number of hydrogen-bond acceptors (Lipinski definition) is 6. The van der Waals surface area contributed by atoms with E-state index in [-0.39, 0.29) is 5.82 Å². The van der Waals surface area contributed by atoms with Crippen molar-refractivity contribution in [2.45, 2.75) is 6.54 Å². The van der Waals surface area contributed by atoms with Crippen LogP contribution >= 0.6 is 0 Å². The van der Waals surface area contributed by atoms with E-state index in [0.717, 1.165) is 11.3 Å². The summed E-state index contributed by atoms with van der Waals surface area (Å²) in [5.74, 6) is 0.461. The highest BCUT2D eigenvalue weighted by atomic mass is 19.1. The Kier molecular flexibility index (Phi) is 3.87. The highest BCUT2D eigenvalue weighted by Gasteiger charge is 2.11. The molecule has 0 bridgehead atoms. The summed E-state index contributed by atoms with van der Waals surface area (Å²) in [4.78, 5) is 12.3. The number of aromatic amines is 1. The topological polar surface area (TPSA) is 97.2 Å². The van der Waals surface area contributed by atoms with Crippen LogP contribution in [0, 0.1) is 5.82 Å². The van der Waals surface area contributed by atoms with Gasteiger partial charge in [0.1, 0.15) is 5.82 Å². The van der Waals surface area contributed by atoms with Crippen LogP contribution in [-0.2, 0) is 6.54 Å². The predicted molar refractivity (Wildman–Crippen MR) is 88.3 cm³/mol. The van der Waals surface area contributed by atoms with E-state index < -0.39 is 0 Å². The van der Waals surface area contributed by atoms with Gasteiger partial charge in [-0.15, -0.1) is 15.0 Å². The van der Waals surface area contributed by atoms with Crippen LogP contribution in [0.25, 0.3) is 17.3 Å². The maximum absolute atomic E-state index is 14.0. The number of nitrogens with one attached hydrogen (secondary N) is 2. The van der Waals surface area contributed by atoms with Crippen molar-refractivity contribution >= 4 is 5.69 Å². The standard InChI is InChI=1S/C16H13FN8/c17-12-6-11(9-21-13-2-1-3-18-10-13)7-14(8-12)25-23-16(22-24-25)15-19-4-5-20-15/h1-8,10,21H,9H2,(H,19,20). The predicted octanol–water partition coefficient (Wildman–Crippen LogP) is 2.20. The van der Waals surface area contributed by atoms with Crippen LogP contribution in [0.5, 0.6) is 0 Å². The normalized spacial score (nSPS) is 10.8. The number of nitrogens with zero attached hydrogens (tertiary/aromatic N) is 6. The van der Waals surface area contributed by atoms with Gasteiger partial charge in [-0.05, 0) is 35.0 Å². The molecule has 0 aliphatic carbocycles. The van der Waals surface area contributed by atoms with Crippen LogP contribution < -0.4 is 5.32 Å². The molecule has 4 aromatic rings. The first kappa shape index (κ1) is 14.9. The average Bonchev–Trinajstić information content (AvgIpc) is 3.31. The summed E-state index contributed by atoms with van der Waals surface area (Å²) < 4.78 is 14.0. The fraction of sp³-hybridized carbons (Fsp3) is 0.0625. The van der Waals surface area contributed by atoms with Crippen LogP contribution in [0.1, 0.15) is 5.56 Å². The van der Waals surface area contributed by atoms with Crippen LogP contribution in [0.2, 0.25) is 0 Å². The second-order valence-corrected chi connectivity index (χ2v) is 5.25. The SMILES string of the molecule is Fc1cc(CNc2cccnc2)cc(-n2nnc(-c3ncc[nH]3)n2)c1. The van der Waals surface area contributed by atoms with Crippen LogP contribution in [0.3, 0.4) is 0 Å². The van der Waals surface area contributed by atoms with Crippen molar-refractivity contribution < 1.29 is 4.39 Å². The molecule has 124 valence electrons. The zero-order chi connectivity index (χ0) is 17.1. The van der Waals surface area contributed by atoms with Crippen molar-refractivity contribution in [1.29, 1.82) is 0 Å². The fourth-order valence-electron chi connectivity index (χ4n) is 2.33. The minimum absolute atomic E-state index is 0.337. The molecule has 0 fully saturated rings. The molecule has 0 radical (unpaired) electrons. The molecule has 8 nitrogen and oxygen atoms in total. The smallest absolute Gasteiger partial charge is 0.240 e. The minimum atomic E-state index is -0.377. The van der Waals surface area contributed by atoms with Crippen LogP contribution in [0.15, 0.2) is 55.1 Å². The van der Waals surface area contributed by atoms with E-state index in [9.17, 15) is 4.39 Å². The zero-order valence-corrected chi connectivity index (χ0v) is 13.0. The van der Waals surface area contributed by atoms with Gasteiger partial charge in [0.15, 0.2) is 5.82 Å². The Morgan fingerprint density at radius 2 is 2.16 bits per heavy atom. The van der Waals surface area contributed by atoms with Crippen molar-refractivity contribution in [2.24, 2.45) is 0 Å². The maximum atomic E-state index is 14.0. The van der Waals surface area contributed by atoms with E-state index in [1.165, 1.54) is 16.9 Å². The third-order valence-electron chi connectivity index (χ3n) is 3.46. The number of aromatic nitrogens is 7. The largest absolute Gasteiger partial charge is 0.380 e. The van der Waals surface area contributed by atoms with Gasteiger partial charge in [0.05, 0.1) is 11.4 Å². The number of imidazole rings is 1. The highest BCUT2D eigenvalue weighted by molar-refractivity contribution is 5.44. The molecule has 0 saturated heterocycles. The lowest BCUT2D eigenvalue weighted by atomic mass is 10.2. The highest BCUT2D eigenvalue weighted by Crippen LogP contribution is 2.15. The number of hydrogen-bond donors (Lipinski definition) is 2. The Morgan fingerprint density at radius 1 is 1.20 bits per heavy atom. The van der Waals surface area contributed by atoms with Gasteiger partial charge in [0.2, 0.25) is 5.82 Å². The molecule has 2 N–H and O–H groups in total.